The first-order valence-corrected chi connectivity index (χ1v) is 14.8. The van der Waals surface area contributed by atoms with E-state index in [9.17, 15) is 22.4 Å². The van der Waals surface area contributed by atoms with Gasteiger partial charge in [0.25, 0.3) is 0 Å². The minimum absolute atomic E-state index is 0.0382. The van der Waals surface area contributed by atoms with Gasteiger partial charge in [-0.2, -0.15) is 13.2 Å². The molecule has 2 aliphatic heterocycles. The molecule has 6 fully saturated rings. The van der Waals surface area contributed by atoms with Crippen molar-refractivity contribution in [2.24, 2.45) is 10.8 Å². The molecule has 1 amide bonds. The predicted octanol–water partition coefficient (Wildman–Crippen LogP) is 7.27. The Kier molecular flexibility index (Phi) is 6.40. The molecule has 9 rings (SSSR count). The molecule has 3 aromatic rings. The largest absolute Gasteiger partial charge is 0.494 e. The molecule has 0 atom stereocenters. The van der Waals surface area contributed by atoms with E-state index in [0.717, 1.165) is 35.4 Å². The highest BCUT2D eigenvalue weighted by atomic mass is 19.4. The van der Waals surface area contributed by atoms with E-state index in [1.165, 1.54) is 12.4 Å². The van der Waals surface area contributed by atoms with Crippen molar-refractivity contribution in [3.63, 3.8) is 0 Å². The van der Waals surface area contributed by atoms with Gasteiger partial charge in [0, 0.05) is 35.6 Å². The molecule has 4 bridgehead atoms. The number of carbonyl (C=O) groups is 1. The van der Waals surface area contributed by atoms with E-state index in [0.29, 0.717) is 38.2 Å². The van der Waals surface area contributed by atoms with E-state index >= 15 is 0 Å². The van der Waals surface area contributed by atoms with Crippen LogP contribution >= 0.6 is 0 Å². The van der Waals surface area contributed by atoms with E-state index in [1.807, 2.05) is 60.4 Å². The standard InChI is InChI=1S/C33H33F4N3O3/c1-2-42-26-8-6-22(7-9-26)23-4-3-5-25(14-23)40(28(41)30-17-31(34,18-30)19-30)20-29-10-12-32(13-11-29,43-21-29)24-15-38-27(39-16-24)33(35,36)37/h3-9,14-16H,2,10-13,17-21H2,1H3. The molecule has 4 aliphatic carbocycles. The number of alkyl halides is 4. The molecule has 2 saturated heterocycles. The third-order valence-corrected chi connectivity index (χ3v) is 10.0. The molecule has 3 heterocycles. The molecule has 0 spiro atoms. The third-order valence-electron chi connectivity index (χ3n) is 10.0. The predicted molar refractivity (Wildman–Crippen MR) is 151 cm³/mol. The van der Waals surface area contributed by atoms with Gasteiger partial charge in [0.2, 0.25) is 11.7 Å². The summed E-state index contributed by atoms with van der Waals surface area (Å²) in [5, 5.41) is 0. The second-order valence-electron chi connectivity index (χ2n) is 12.9. The van der Waals surface area contributed by atoms with E-state index < -0.39 is 28.7 Å². The van der Waals surface area contributed by atoms with E-state index in [1.54, 1.807) is 0 Å². The zero-order valence-corrected chi connectivity index (χ0v) is 23.9. The minimum Gasteiger partial charge on any atom is -0.494 e. The lowest BCUT2D eigenvalue weighted by molar-refractivity contribution is -0.213. The molecule has 4 saturated carbocycles. The van der Waals surface area contributed by atoms with Crippen LogP contribution < -0.4 is 9.64 Å². The molecule has 226 valence electrons. The van der Waals surface area contributed by atoms with Gasteiger partial charge in [-0.05, 0) is 87.3 Å². The highest BCUT2D eigenvalue weighted by Gasteiger charge is 2.73. The Morgan fingerprint density at radius 1 is 0.977 bits per heavy atom. The SMILES string of the molecule is CCOc1ccc(-c2cccc(N(CC34CCC(c5cnc(C(F)(F)F)nc5)(CC3)OC4)C(=O)C34CC(F)(C3)C4)c2)cc1. The van der Waals surface area contributed by atoms with Gasteiger partial charge >= 0.3 is 6.18 Å². The second kappa shape index (κ2) is 9.74. The molecule has 0 N–H and O–H groups in total. The number of halogens is 4. The summed E-state index contributed by atoms with van der Waals surface area (Å²) in [4.78, 5) is 23.1. The zero-order chi connectivity index (χ0) is 30.1. The minimum atomic E-state index is -4.60. The smallest absolute Gasteiger partial charge is 0.451 e. The van der Waals surface area contributed by atoms with Crippen LogP contribution in [0.15, 0.2) is 60.9 Å². The number of anilines is 1. The van der Waals surface area contributed by atoms with E-state index in [2.05, 4.69) is 9.97 Å². The fourth-order valence-corrected chi connectivity index (χ4v) is 7.61. The Morgan fingerprint density at radius 3 is 2.21 bits per heavy atom. The number of carbonyl (C=O) groups excluding carboxylic acids is 1. The third kappa shape index (κ3) is 4.78. The number of aromatic nitrogens is 2. The second-order valence-corrected chi connectivity index (χ2v) is 12.9. The first-order chi connectivity index (χ1) is 20.5. The summed E-state index contributed by atoms with van der Waals surface area (Å²) in [5.74, 6) is -0.418. The molecule has 43 heavy (non-hydrogen) atoms. The average molecular weight is 596 g/mol. The van der Waals surface area contributed by atoms with Crippen LogP contribution in [0.5, 0.6) is 5.75 Å². The Hall–Kier alpha value is -3.53. The van der Waals surface area contributed by atoms with Gasteiger partial charge in [-0.25, -0.2) is 14.4 Å². The fraction of sp³-hybridized carbons (Fsp3) is 0.485. The maximum absolute atomic E-state index is 14.5. The lowest BCUT2D eigenvalue weighted by Crippen LogP contribution is -2.71. The van der Waals surface area contributed by atoms with Crippen molar-refractivity contribution in [1.82, 2.24) is 9.97 Å². The molecule has 0 radical (unpaired) electrons. The number of hydrogen-bond acceptors (Lipinski definition) is 5. The lowest BCUT2D eigenvalue weighted by atomic mass is 9.41. The monoisotopic (exact) mass is 595 g/mol. The van der Waals surface area contributed by atoms with Crippen molar-refractivity contribution in [3.8, 4) is 16.9 Å². The number of benzene rings is 2. The summed E-state index contributed by atoms with van der Waals surface area (Å²) in [6.07, 6.45) is 1.32. The van der Waals surface area contributed by atoms with Crippen LogP contribution in [0.4, 0.5) is 23.2 Å². The van der Waals surface area contributed by atoms with Gasteiger partial charge in [0.1, 0.15) is 11.4 Å². The summed E-state index contributed by atoms with van der Waals surface area (Å²) in [7, 11) is 0. The number of amides is 1. The molecular weight excluding hydrogens is 562 g/mol. The Balaban J connectivity index is 1.14. The van der Waals surface area contributed by atoms with Crippen LogP contribution in [0.2, 0.25) is 0 Å². The summed E-state index contributed by atoms with van der Waals surface area (Å²) in [5.41, 5.74) is 0.358. The number of nitrogens with zero attached hydrogens (tertiary/aromatic N) is 3. The van der Waals surface area contributed by atoms with Crippen LogP contribution in [0.25, 0.3) is 11.1 Å². The number of hydrogen-bond donors (Lipinski definition) is 0. The molecule has 6 nitrogen and oxygen atoms in total. The van der Waals surface area contributed by atoms with Crippen molar-refractivity contribution in [2.75, 3.05) is 24.7 Å². The highest BCUT2D eigenvalue weighted by molar-refractivity contribution is 6.00. The maximum atomic E-state index is 14.5. The van der Waals surface area contributed by atoms with E-state index in [4.69, 9.17) is 9.47 Å². The van der Waals surface area contributed by atoms with Gasteiger partial charge in [-0.3, -0.25) is 4.79 Å². The van der Waals surface area contributed by atoms with Crippen molar-refractivity contribution < 1.29 is 31.8 Å². The summed E-state index contributed by atoms with van der Waals surface area (Å²) < 4.78 is 65.6. The van der Waals surface area contributed by atoms with Crippen LogP contribution in [-0.2, 0) is 21.3 Å². The van der Waals surface area contributed by atoms with Crippen molar-refractivity contribution in [3.05, 3.63) is 72.3 Å². The molecular formula is C33H33F4N3O3. The molecule has 10 heteroatoms. The normalized spacial score (nSPS) is 30.7. The van der Waals surface area contributed by atoms with Crippen LogP contribution in [0.3, 0.4) is 0 Å². The summed E-state index contributed by atoms with van der Waals surface area (Å²) in [6.45, 7) is 3.31. The summed E-state index contributed by atoms with van der Waals surface area (Å²) >= 11 is 0. The summed E-state index contributed by atoms with van der Waals surface area (Å²) in [6, 6.07) is 15.7. The van der Waals surface area contributed by atoms with Gasteiger partial charge in [-0.1, -0.05) is 24.3 Å². The van der Waals surface area contributed by atoms with Crippen molar-refractivity contribution in [1.29, 1.82) is 0 Å². The van der Waals surface area contributed by atoms with Gasteiger partial charge in [0.05, 0.1) is 24.2 Å². The number of ether oxygens (including phenoxy) is 2. The Morgan fingerprint density at radius 2 is 1.65 bits per heavy atom. The van der Waals surface area contributed by atoms with E-state index in [-0.39, 0.29) is 30.6 Å². The topological polar surface area (TPSA) is 64.6 Å². The molecule has 6 aliphatic rings. The first-order valence-electron chi connectivity index (χ1n) is 14.8. The lowest BCUT2D eigenvalue weighted by Gasteiger charge is -2.65. The first kappa shape index (κ1) is 28.3. The highest BCUT2D eigenvalue weighted by Crippen LogP contribution is 2.70. The van der Waals surface area contributed by atoms with Gasteiger partial charge < -0.3 is 14.4 Å². The zero-order valence-electron chi connectivity index (χ0n) is 23.9. The fourth-order valence-electron chi connectivity index (χ4n) is 7.61. The van der Waals surface area contributed by atoms with Gasteiger partial charge in [0.15, 0.2) is 0 Å². The number of fused-ring (bicyclic) bond motifs is 3. The number of rotatable bonds is 8. The molecule has 2 aromatic carbocycles. The Labute approximate surface area is 247 Å². The molecule has 1 aromatic heterocycles. The van der Waals surface area contributed by atoms with Crippen molar-refractivity contribution >= 4 is 11.6 Å². The van der Waals surface area contributed by atoms with Crippen LogP contribution in [-0.4, -0.2) is 41.3 Å². The van der Waals surface area contributed by atoms with Crippen LogP contribution in [0, 0.1) is 10.8 Å². The Bertz CT molecular complexity index is 1500. The average Bonchev–Trinajstić information content (AvgIpc) is 2.99. The van der Waals surface area contributed by atoms with Crippen LogP contribution in [0.1, 0.15) is 63.3 Å². The van der Waals surface area contributed by atoms with Gasteiger partial charge in [-0.15, -0.1) is 0 Å². The maximum Gasteiger partial charge on any atom is 0.451 e. The van der Waals surface area contributed by atoms with Crippen molar-refractivity contribution in [2.45, 2.75) is 69.3 Å². The molecule has 0 unspecified atom stereocenters. The quantitative estimate of drug-likeness (QED) is 0.256.